The number of carbonyl (C=O) groups excluding carboxylic acids is 1. The molecule has 0 spiro atoms. The molecule has 2 bridgehead atoms. The van der Waals surface area contributed by atoms with E-state index in [0.29, 0.717) is 38.4 Å². The van der Waals surface area contributed by atoms with Gasteiger partial charge < -0.3 is 20.1 Å². The molecular formula is C26H38FN7O5S. The molecule has 3 saturated heterocycles. The third-order valence-electron chi connectivity index (χ3n) is 8.02. The van der Waals surface area contributed by atoms with Crippen molar-refractivity contribution in [1.29, 1.82) is 0 Å². The highest BCUT2D eigenvalue weighted by Gasteiger charge is 2.43. The van der Waals surface area contributed by atoms with E-state index in [9.17, 15) is 13.2 Å². The summed E-state index contributed by atoms with van der Waals surface area (Å²) >= 11 is 0. The van der Waals surface area contributed by atoms with Crippen LogP contribution < -0.4 is 10.6 Å². The number of sulfonamides is 1. The largest absolute Gasteiger partial charge is 0.459 e. The van der Waals surface area contributed by atoms with Crippen molar-refractivity contribution >= 4 is 33.6 Å². The monoisotopic (exact) mass is 579 g/mol. The van der Waals surface area contributed by atoms with Crippen molar-refractivity contribution in [2.45, 2.75) is 77.5 Å². The van der Waals surface area contributed by atoms with Crippen molar-refractivity contribution in [3.63, 3.8) is 0 Å². The van der Waals surface area contributed by atoms with Crippen molar-refractivity contribution in [2.75, 3.05) is 36.1 Å². The van der Waals surface area contributed by atoms with Gasteiger partial charge in [-0.15, -0.1) is 0 Å². The summed E-state index contributed by atoms with van der Waals surface area (Å²) in [4.78, 5) is 21.3. The van der Waals surface area contributed by atoms with E-state index in [1.54, 1.807) is 17.3 Å². The molecule has 0 radical (unpaired) electrons. The first-order chi connectivity index (χ1) is 19.2. The number of nitrogens with one attached hydrogen (secondary N) is 3. The first-order valence-electron chi connectivity index (χ1n) is 14.1. The maximum atomic E-state index is 15.4. The number of ether oxygens (including phenoxy) is 2. The van der Waals surface area contributed by atoms with Gasteiger partial charge in [-0.25, -0.2) is 17.8 Å². The standard InChI is InChI=1S/C26H38FN7O5S/c1-3-40(36,37)34-19-5-4-6-20(34)13-17(12-19)14-28-26-29-21(15-39-25(35)18-7-9-38-10-8-18)23(27)24(31-26)30-22-11-16(2)32-33-22/h11,17-20H,3-10,12-15H2,1-2H3,(H3,28,29,30,31,32,33). The van der Waals surface area contributed by atoms with Gasteiger partial charge in [-0.05, 0) is 58.3 Å². The quantitative estimate of drug-likeness (QED) is 0.358. The summed E-state index contributed by atoms with van der Waals surface area (Å²) in [5.74, 6) is -0.561. The first-order valence-corrected chi connectivity index (χ1v) is 15.7. The molecule has 14 heteroatoms. The third kappa shape index (κ3) is 6.55. The van der Waals surface area contributed by atoms with Crippen molar-refractivity contribution in [1.82, 2.24) is 24.5 Å². The number of piperidine rings is 2. The molecule has 2 aromatic heterocycles. The Hall–Kier alpha value is -2.84. The summed E-state index contributed by atoms with van der Waals surface area (Å²) in [5, 5.41) is 13.0. The normalized spacial score (nSPS) is 24.0. The van der Waals surface area contributed by atoms with Crippen LogP contribution >= 0.6 is 0 Å². The minimum absolute atomic E-state index is 0.00122. The number of hydrogen-bond acceptors (Lipinski definition) is 10. The summed E-state index contributed by atoms with van der Waals surface area (Å²) < 4.78 is 53.4. The average molecular weight is 580 g/mol. The number of esters is 1. The van der Waals surface area contributed by atoms with Crippen LogP contribution in [0, 0.1) is 24.6 Å². The zero-order chi connectivity index (χ0) is 28.3. The molecule has 0 aromatic carbocycles. The number of fused-ring (bicyclic) bond motifs is 2. The fourth-order valence-electron chi connectivity index (χ4n) is 6.00. The molecule has 2 aromatic rings. The highest BCUT2D eigenvalue weighted by atomic mass is 32.2. The molecule has 2 unspecified atom stereocenters. The summed E-state index contributed by atoms with van der Waals surface area (Å²) in [5.41, 5.74) is 0.747. The number of H-pyrrole nitrogens is 1. The van der Waals surface area contributed by atoms with Crippen LogP contribution in [-0.2, 0) is 30.9 Å². The van der Waals surface area contributed by atoms with Crippen LogP contribution in [0.4, 0.5) is 22.0 Å². The Morgan fingerprint density at radius 3 is 2.58 bits per heavy atom. The third-order valence-corrected chi connectivity index (χ3v) is 9.99. The molecule has 40 heavy (non-hydrogen) atoms. The average Bonchev–Trinajstić information content (AvgIpc) is 3.36. The van der Waals surface area contributed by atoms with E-state index in [1.165, 1.54) is 0 Å². The lowest BCUT2D eigenvalue weighted by Gasteiger charge is -2.47. The molecule has 2 atom stereocenters. The number of hydrogen-bond donors (Lipinski definition) is 3. The topological polar surface area (TPSA) is 151 Å². The van der Waals surface area contributed by atoms with Crippen LogP contribution in [0.2, 0.25) is 0 Å². The van der Waals surface area contributed by atoms with E-state index in [-0.39, 0.29) is 53.7 Å². The van der Waals surface area contributed by atoms with Crippen LogP contribution in [-0.4, -0.2) is 76.5 Å². The van der Waals surface area contributed by atoms with Crippen molar-refractivity contribution < 1.29 is 27.1 Å². The van der Waals surface area contributed by atoms with E-state index < -0.39 is 21.8 Å². The molecule has 220 valence electrons. The SMILES string of the molecule is CCS(=O)(=O)N1C2CCCC1CC(CNc1nc(COC(=O)C3CCOCC3)c(F)c(Nc3cc(C)[nH]n3)n1)C2. The molecule has 5 rings (SSSR count). The van der Waals surface area contributed by atoms with E-state index >= 15 is 4.39 Å². The predicted octanol–water partition coefficient (Wildman–Crippen LogP) is 3.26. The van der Waals surface area contributed by atoms with Crippen LogP contribution in [0.25, 0.3) is 0 Å². The van der Waals surface area contributed by atoms with Gasteiger partial charge in [0, 0.05) is 43.6 Å². The molecular weight excluding hydrogens is 541 g/mol. The fraction of sp³-hybridized carbons (Fsp3) is 0.692. The number of halogens is 1. The Balaban J connectivity index is 1.30. The maximum absolute atomic E-state index is 15.4. The predicted molar refractivity (Wildman–Crippen MR) is 146 cm³/mol. The second-order valence-corrected chi connectivity index (χ2v) is 13.1. The van der Waals surface area contributed by atoms with E-state index in [2.05, 4.69) is 30.8 Å². The minimum Gasteiger partial charge on any atom is -0.459 e. The summed E-state index contributed by atoms with van der Waals surface area (Å²) in [6.07, 6.45) is 5.39. The van der Waals surface area contributed by atoms with Gasteiger partial charge in [0.25, 0.3) is 0 Å². The molecule has 3 aliphatic rings. The van der Waals surface area contributed by atoms with Crippen LogP contribution in [0.3, 0.4) is 0 Å². The fourth-order valence-corrected chi connectivity index (χ4v) is 7.59. The Morgan fingerprint density at radius 1 is 1.20 bits per heavy atom. The second kappa shape index (κ2) is 12.4. The molecule has 12 nitrogen and oxygen atoms in total. The zero-order valence-electron chi connectivity index (χ0n) is 23.0. The van der Waals surface area contributed by atoms with E-state index in [0.717, 1.165) is 37.8 Å². The number of carbonyl (C=O) groups is 1. The Kier molecular flexibility index (Phi) is 8.86. The van der Waals surface area contributed by atoms with Crippen molar-refractivity contribution in [3.8, 4) is 0 Å². The van der Waals surface area contributed by atoms with Gasteiger partial charge >= 0.3 is 5.97 Å². The maximum Gasteiger partial charge on any atom is 0.309 e. The number of anilines is 3. The van der Waals surface area contributed by atoms with E-state index in [1.807, 2.05) is 6.92 Å². The highest BCUT2D eigenvalue weighted by molar-refractivity contribution is 7.89. The molecule has 0 amide bonds. The summed E-state index contributed by atoms with van der Waals surface area (Å²) in [7, 11) is -3.26. The smallest absolute Gasteiger partial charge is 0.309 e. The van der Waals surface area contributed by atoms with Gasteiger partial charge in [-0.2, -0.15) is 14.4 Å². The van der Waals surface area contributed by atoms with Gasteiger partial charge in [-0.1, -0.05) is 6.42 Å². The highest BCUT2D eigenvalue weighted by Crippen LogP contribution is 2.39. The van der Waals surface area contributed by atoms with Gasteiger partial charge in [0.1, 0.15) is 12.3 Å². The lowest BCUT2D eigenvalue weighted by atomic mass is 9.80. The Labute approximate surface area is 233 Å². The van der Waals surface area contributed by atoms with Gasteiger partial charge in [-0.3, -0.25) is 9.89 Å². The number of nitrogens with zero attached hydrogens (tertiary/aromatic N) is 4. The molecule has 5 heterocycles. The molecule has 3 N–H and O–H groups in total. The molecule has 3 fully saturated rings. The lowest BCUT2D eigenvalue weighted by molar-refractivity contribution is -0.153. The first kappa shape index (κ1) is 28.7. The zero-order valence-corrected chi connectivity index (χ0v) is 23.8. The Morgan fingerprint density at radius 2 is 1.93 bits per heavy atom. The van der Waals surface area contributed by atoms with Gasteiger partial charge in [0.2, 0.25) is 16.0 Å². The van der Waals surface area contributed by atoms with Crippen molar-refractivity contribution in [2.24, 2.45) is 11.8 Å². The van der Waals surface area contributed by atoms with Gasteiger partial charge in [0.15, 0.2) is 17.5 Å². The number of aromatic nitrogens is 4. The minimum atomic E-state index is -3.26. The number of aromatic amines is 1. The summed E-state index contributed by atoms with van der Waals surface area (Å²) in [6.45, 7) is 4.70. The van der Waals surface area contributed by atoms with Crippen LogP contribution in [0.15, 0.2) is 6.07 Å². The Bertz CT molecular complexity index is 1290. The van der Waals surface area contributed by atoms with Crippen LogP contribution in [0.5, 0.6) is 0 Å². The summed E-state index contributed by atoms with van der Waals surface area (Å²) in [6, 6.07) is 1.72. The van der Waals surface area contributed by atoms with E-state index in [4.69, 9.17) is 9.47 Å². The second-order valence-electron chi connectivity index (χ2n) is 10.9. The number of aryl methyl sites for hydroxylation is 1. The molecule has 3 aliphatic heterocycles. The lowest BCUT2D eigenvalue weighted by Crippen LogP contribution is -2.55. The number of rotatable bonds is 10. The van der Waals surface area contributed by atoms with Gasteiger partial charge in [0.05, 0.1) is 11.7 Å². The van der Waals surface area contributed by atoms with Crippen LogP contribution in [0.1, 0.15) is 63.3 Å². The molecule has 0 saturated carbocycles. The molecule has 0 aliphatic carbocycles. The van der Waals surface area contributed by atoms with Crippen molar-refractivity contribution in [3.05, 3.63) is 23.3 Å².